The van der Waals surface area contributed by atoms with Gasteiger partial charge in [0, 0.05) is 10.4 Å². The Hall–Kier alpha value is -1.86. The van der Waals surface area contributed by atoms with E-state index in [0.717, 1.165) is 29.7 Å². The van der Waals surface area contributed by atoms with E-state index in [0.29, 0.717) is 33.0 Å². The predicted octanol–water partition coefficient (Wildman–Crippen LogP) is 4.44. The van der Waals surface area contributed by atoms with E-state index in [1.165, 1.54) is 18.4 Å². The Kier molecular flexibility index (Phi) is 5.44. The maximum absolute atomic E-state index is 12.6. The van der Waals surface area contributed by atoms with Gasteiger partial charge in [-0.15, -0.1) is 11.3 Å². The van der Waals surface area contributed by atoms with Crippen LogP contribution in [0.4, 0.5) is 5.00 Å². The van der Waals surface area contributed by atoms with Gasteiger partial charge < -0.3 is 14.8 Å². The molecule has 1 aromatic carbocycles. The summed E-state index contributed by atoms with van der Waals surface area (Å²) >= 11 is 4.87. The largest absolute Gasteiger partial charge is 0.493 e. The molecule has 0 saturated carbocycles. The van der Waals surface area contributed by atoms with Crippen molar-refractivity contribution < 1.29 is 19.1 Å². The van der Waals surface area contributed by atoms with Crippen molar-refractivity contribution in [2.75, 3.05) is 19.0 Å². The van der Waals surface area contributed by atoms with Crippen LogP contribution < -0.4 is 10.1 Å². The highest BCUT2D eigenvalue weighted by Crippen LogP contribution is 2.39. The molecule has 0 bridgehead atoms. The van der Waals surface area contributed by atoms with E-state index in [2.05, 4.69) is 21.2 Å². The fraction of sp³-hybridized carbons (Fsp3) is 0.333. The molecule has 2 aromatic rings. The van der Waals surface area contributed by atoms with Crippen LogP contribution in [0.5, 0.6) is 5.75 Å². The van der Waals surface area contributed by atoms with Crippen molar-refractivity contribution in [1.82, 2.24) is 0 Å². The number of carbonyl (C=O) groups excluding carboxylic acids is 2. The molecule has 0 unspecified atom stereocenters. The molecule has 1 amide bonds. The second kappa shape index (κ2) is 7.58. The van der Waals surface area contributed by atoms with Crippen molar-refractivity contribution in [3.8, 4) is 5.75 Å². The summed E-state index contributed by atoms with van der Waals surface area (Å²) in [5.41, 5.74) is 2.00. The molecule has 1 aliphatic carbocycles. The Balaban J connectivity index is 1.86. The van der Waals surface area contributed by atoms with Crippen molar-refractivity contribution >= 4 is 44.1 Å². The van der Waals surface area contributed by atoms with E-state index >= 15 is 0 Å². The number of methoxy groups -OCH3 is 1. The van der Waals surface area contributed by atoms with Gasteiger partial charge in [-0.25, -0.2) is 4.79 Å². The number of benzene rings is 1. The van der Waals surface area contributed by atoms with Gasteiger partial charge >= 0.3 is 5.97 Å². The summed E-state index contributed by atoms with van der Waals surface area (Å²) in [5.74, 6) is 0.0146. The van der Waals surface area contributed by atoms with Crippen LogP contribution in [0.2, 0.25) is 0 Å². The number of fused-ring (bicyclic) bond motifs is 1. The number of ether oxygens (including phenoxy) is 2. The van der Waals surface area contributed by atoms with Gasteiger partial charge in [-0.3, -0.25) is 4.79 Å². The lowest BCUT2D eigenvalue weighted by molar-refractivity contribution is 0.0601. The van der Waals surface area contributed by atoms with E-state index in [1.807, 2.05) is 6.92 Å². The lowest BCUT2D eigenvalue weighted by Gasteiger charge is -2.09. The molecule has 3 rings (SSSR count). The van der Waals surface area contributed by atoms with Crippen LogP contribution in [0, 0.1) is 0 Å². The molecule has 0 atom stereocenters. The third-order valence-corrected chi connectivity index (χ3v) is 5.86. The zero-order chi connectivity index (χ0) is 18.0. The minimum absolute atomic E-state index is 0.270. The summed E-state index contributed by atoms with van der Waals surface area (Å²) < 4.78 is 11.1. The zero-order valence-electron chi connectivity index (χ0n) is 14.0. The zero-order valence-corrected chi connectivity index (χ0v) is 16.4. The second-order valence-corrected chi connectivity index (χ2v) is 7.54. The summed E-state index contributed by atoms with van der Waals surface area (Å²) in [4.78, 5) is 25.9. The molecule has 0 spiro atoms. The Morgan fingerprint density at radius 2 is 2.12 bits per heavy atom. The fourth-order valence-electron chi connectivity index (χ4n) is 2.90. The molecule has 1 aliphatic rings. The van der Waals surface area contributed by atoms with Crippen molar-refractivity contribution in [3.63, 3.8) is 0 Å². The molecule has 0 fully saturated rings. The number of amides is 1. The Bertz CT molecular complexity index is 831. The Morgan fingerprint density at radius 1 is 1.32 bits per heavy atom. The topological polar surface area (TPSA) is 64.6 Å². The smallest absolute Gasteiger partial charge is 0.341 e. The highest BCUT2D eigenvalue weighted by molar-refractivity contribution is 9.10. The number of hydrogen-bond donors (Lipinski definition) is 1. The molecule has 1 heterocycles. The van der Waals surface area contributed by atoms with Gasteiger partial charge in [0.25, 0.3) is 5.91 Å². The van der Waals surface area contributed by atoms with Crippen LogP contribution >= 0.6 is 27.3 Å². The monoisotopic (exact) mass is 423 g/mol. The van der Waals surface area contributed by atoms with Gasteiger partial charge in [0.2, 0.25) is 0 Å². The molecule has 1 N–H and O–H groups in total. The van der Waals surface area contributed by atoms with E-state index < -0.39 is 5.97 Å². The maximum Gasteiger partial charge on any atom is 0.341 e. The number of hydrogen-bond acceptors (Lipinski definition) is 5. The van der Waals surface area contributed by atoms with Gasteiger partial charge in [0.05, 0.1) is 23.8 Å². The molecule has 1 aromatic heterocycles. The number of carbonyl (C=O) groups is 2. The highest BCUT2D eigenvalue weighted by Gasteiger charge is 2.28. The average molecular weight is 424 g/mol. The highest BCUT2D eigenvalue weighted by atomic mass is 79.9. The third-order valence-electron chi connectivity index (χ3n) is 4.03. The third kappa shape index (κ3) is 3.57. The lowest BCUT2D eigenvalue weighted by Crippen LogP contribution is -2.14. The van der Waals surface area contributed by atoms with Crippen LogP contribution in [-0.4, -0.2) is 25.6 Å². The van der Waals surface area contributed by atoms with E-state index in [4.69, 9.17) is 9.47 Å². The molecule has 7 heteroatoms. The van der Waals surface area contributed by atoms with Crippen LogP contribution in [0.1, 0.15) is 44.5 Å². The first-order chi connectivity index (χ1) is 12.0. The maximum atomic E-state index is 12.6. The summed E-state index contributed by atoms with van der Waals surface area (Å²) in [6.07, 6.45) is 2.82. The second-order valence-electron chi connectivity index (χ2n) is 5.59. The first kappa shape index (κ1) is 17.9. The van der Waals surface area contributed by atoms with Crippen LogP contribution in [0.3, 0.4) is 0 Å². The van der Waals surface area contributed by atoms with Crippen molar-refractivity contribution in [2.45, 2.75) is 26.2 Å². The molecule has 0 aliphatic heterocycles. The number of aryl methyl sites for hydroxylation is 1. The SMILES string of the molecule is CCOc1ccc(C(=O)Nc2sc3c(c2C(=O)OC)CCC3)cc1Br. The number of rotatable bonds is 5. The van der Waals surface area contributed by atoms with E-state index in [-0.39, 0.29) is 5.91 Å². The average Bonchev–Trinajstić information content (AvgIpc) is 3.16. The van der Waals surface area contributed by atoms with E-state index in [1.54, 1.807) is 18.2 Å². The van der Waals surface area contributed by atoms with Crippen LogP contribution in [0.25, 0.3) is 0 Å². The molecule has 25 heavy (non-hydrogen) atoms. The molecular formula is C18H18BrNO4S. The summed E-state index contributed by atoms with van der Waals surface area (Å²) in [6, 6.07) is 5.15. The summed E-state index contributed by atoms with van der Waals surface area (Å²) in [6.45, 7) is 2.45. The predicted molar refractivity (Wildman–Crippen MR) is 101 cm³/mol. The van der Waals surface area contributed by atoms with Crippen LogP contribution in [0.15, 0.2) is 22.7 Å². The van der Waals surface area contributed by atoms with Gasteiger partial charge in [-0.1, -0.05) is 0 Å². The molecule has 0 radical (unpaired) electrons. The summed E-state index contributed by atoms with van der Waals surface area (Å²) in [5, 5.41) is 3.43. The normalized spacial score (nSPS) is 12.6. The molecular weight excluding hydrogens is 406 g/mol. The molecule has 0 saturated heterocycles. The summed E-state index contributed by atoms with van der Waals surface area (Å²) in [7, 11) is 1.36. The van der Waals surface area contributed by atoms with Gasteiger partial charge in [-0.05, 0) is 65.9 Å². The first-order valence-corrected chi connectivity index (χ1v) is 9.62. The lowest BCUT2D eigenvalue weighted by atomic mass is 10.1. The number of anilines is 1. The first-order valence-electron chi connectivity index (χ1n) is 8.01. The van der Waals surface area contributed by atoms with Crippen LogP contribution in [-0.2, 0) is 17.6 Å². The number of thiophene rings is 1. The fourth-order valence-corrected chi connectivity index (χ4v) is 4.67. The standard InChI is InChI=1S/C18H18BrNO4S/c1-3-24-13-8-7-10(9-12(13)19)16(21)20-17-15(18(22)23-2)11-5-4-6-14(11)25-17/h7-9H,3-6H2,1-2H3,(H,20,21). The quantitative estimate of drug-likeness (QED) is 0.721. The van der Waals surface area contributed by atoms with Crippen molar-refractivity contribution in [3.05, 3.63) is 44.2 Å². The van der Waals surface area contributed by atoms with Gasteiger partial charge in [-0.2, -0.15) is 0 Å². The number of halogens is 1. The van der Waals surface area contributed by atoms with Gasteiger partial charge in [0.15, 0.2) is 0 Å². The Morgan fingerprint density at radius 3 is 2.80 bits per heavy atom. The molecule has 132 valence electrons. The minimum atomic E-state index is -0.400. The molecule has 5 nitrogen and oxygen atoms in total. The van der Waals surface area contributed by atoms with Crippen molar-refractivity contribution in [1.29, 1.82) is 0 Å². The number of nitrogens with one attached hydrogen (secondary N) is 1. The van der Waals surface area contributed by atoms with Crippen molar-refractivity contribution in [2.24, 2.45) is 0 Å². The minimum Gasteiger partial charge on any atom is -0.493 e. The Labute approximate surface area is 158 Å². The van der Waals surface area contributed by atoms with E-state index in [9.17, 15) is 9.59 Å². The van der Waals surface area contributed by atoms with Gasteiger partial charge in [0.1, 0.15) is 10.8 Å². The number of esters is 1.